The number of ether oxygens (including phenoxy) is 1. The van der Waals surface area contributed by atoms with Gasteiger partial charge in [0.2, 0.25) is 5.91 Å². The number of amides is 1. The molecule has 0 aliphatic rings. The first-order chi connectivity index (χ1) is 8.66. The Morgan fingerprint density at radius 1 is 1.16 bits per heavy atom. The average Bonchev–Trinajstić information content (AvgIpc) is 2.25. The second kappa shape index (κ2) is 5.43. The largest absolute Gasteiger partial charge is 0.494 e. The number of methoxy groups -OCH3 is 1. The van der Waals surface area contributed by atoms with Gasteiger partial charge >= 0.3 is 0 Å². The first kappa shape index (κ1) is 15.2. The van der Waals surface area contributed by atoms with Crippen LogP contribution in [-0.2, 0) is 10.2 Å². The van der Waals surface area contributed by atoms with E-state index in [0.29, 0.717) is 17.0 Å². The minimum Gasteiger partial charge on any atom is -0.494 e. The molecule has 0 heterocycles. The molecule has 0 fully saturated rings. The Labute approximate surface area is 114 Å². The lowest BCUT2D eigenvalue weighted by Gasteiger charge is -2.25. The molecule has 1 rings (SSSR count). The molecule has 1 aromatic carbocycles. The number of anilines is 1. The lowest BCUT2D eigenvalue weighted by atomic mass is 9.84. The van der Waals surface area contributed by atoms with Gasteiger partial charge in [-0.3, -0.25) is 9.59 Å². The highest BCUT2D eigenvalue weighted by Crippen LogP contribution is 2.38. The molecule has 1 N–H and O–H groups in total. The first-order valence-corrected chi connectivity index (χ1v) is 6.18. The molecule has 0 atom stereocenters. The summed E-state index contributed by atoms with van der Waals surface area (Å²) < 4.78 is 5.41. The number of nitrogens with one attached hydrogen (secondary N) is 1. The van der Waals surface area contributed by atoms with E-state index in [-0.39, 0.29) is 17.1 Å². The molecule has 0 aliphatic heterocycles. The Morgan fingerprint density at radius 2 is 1.74 bits per heavy atom. The summed E-state index contributed by atoms with van der Waals surface area (Å²) in [6, 6.07) is 3.48. The molecule has 19 heavy (non-hydrogen) atoms. The fourth-order valence-electron chi connectivity index (χ4n) is 1.89. The van der Waals surface area contributed by atoms with E-state index in [1.165, 1.54) is 13.8 Å². The summed E-state index contributed by atoms with van der Waals surface area (Å²) in [5.74, 6) is 0.367. The topological polar surface area (TPSA) is 55.4 Å². The van der Waals surface area contributed by atoms with Crippen molar-refractivity contribution in [3.05, 3.63) is 23.3 Å². The molecule has 1 aromatic rings. The van der Waals surface area contributed by atoms with E-state index >= 15 is 0 Å². The minimum atomic E-state index is -0.195. The minimum absolute atomic E-state index is 0.0419. The molecule has 104 valence electrons. The van der Waals surface area contributed by atoms with Crippen molar-refractivity contribution >= 4 is 17.4 Å². The monoisotopic (exact) mass is 263 g/mol. The molecule has 4 heteroatoms. The Bertz CT molecular complexity index is 513. The van der Waals surface area contributed by atoms with Crippen LogP contribution in [0.5, 0.6) is 5.75 Å². The summed E-state index contributed by atoms with van der Waals surface area (Å²) in [4.78, 5) is 22.9. The maximum absolute atomic E-state index is 11.6. The molecule has 4 nitrogen and oxygen atoms in total. The van der Waals surface area contributed by atoms with Crippen LogP contribution in [0.3, 0.4) is 0 Å². The fourth-order valence-corrected chi connectivity index (χ4v) is 1.89. The van der Waals surface area contributed by atoms with Crippen LogP contribution in [-0.4, -0.2) is 18.8 Å². The van der Waals surface area contributed by atoms with Crippen molar-refractivity contribution in [2.45, 2.75) is 40.0 Å². The second-order valence-electron chi connectivity index (χ2n) is 5.59. The highest BCUT2D eigenvalue weighted by Gasteiger charge is 2.23. The number of rotatable bonds is 3. The predicted octanol–water partition coefficient (Wildman–Crippen LogP) is 3.15. The SMILES string of the molecule is COc1c(NC(C)=O)cc(C(C)=O)cc1C(C)(C)C. The normalized spacial score (nSPS) is 11.1. The van der Waals surface area contributed by atoms with Crippen LogP contribution >= 0.6 is 0 Å². The Balaban J connectivity index is 3.56. The van der Waals surface area contributed by atoms with Crippen molar-refractivity contribution in [3.63, 3.8) is 0 Å². The fraction of sp³-hybridized carbons (Fsp3) is 0.467. The molecule has 0 saturated heterocycles. The molecule has 0 saturated carbocycles. The van der Waals surface area contributed by atoms with E-state index in [9.17, 15) is 9.59 Å². The van der Waals surface area contributed by atoms with Crippen LogP contribution in [0, 0.1) is 0 Å². The maximum Gasteiger partial charge on any atom is 0.221 e. The molecular weight excluding hydrogens is 242 g/mol. The van der Waals surface area contributed by atoms with Gasteiger partial charge in [-0.2, -0.15) is 0 Å². The number of hydrogen-bond acceptors (Lipinski definition) is 3. The van der Waals surface area contributed by atoms with Crippen molar-refractivity contribution in [1.82, 2.24) is 0 Å². The quantitative estimate of drug-likeness (QED) is 0.852. The van der Waals surface area contributed by atoms with Gasteiger partial charge in [-0.25, -0.2) is 0 Å². The third-order valence-corrected chi connectivity index (χ3v) is 2.82. The predicted molar refractivity (Wildman–Crippen MR) is 76.0 cm³/mol. The molecule has 0 aliphatic carbocycles. The zero-order valence-corrected chi connectivity index (χ0v) is 12.4. The van der Waals surface area contributed by atoms with Gasteiger partial charge in [0, 0.05) is 18.1 Å². The van der Waals surface area contributed by atoms with E-state index in [1.807, 2.05) is 26.8 Å². The summed E-state index contributed by atoms with van der Waals surface area (Å²) in [6.45, 7) is 9.04. The van der Waals surface area contributed by atoms with Gasteiger partial charge in [0.15, 0.2) is 5.78 Å². The number of carbonyl (C=O) groups excluding carboxylic acids is 2. The van der Waals surface area contributed by atoms with Gasteiger partial charge < -0.3 is 10.1 Å². The molecule has 0 radical (unpaired) electrons. The van der Waals surface area contributed by atoms with Gasteiger partial charge in [-0.05, 0) is 24.5 Å². The van der Waals surface area contributed by atoms with Crippen molar-refractivity contribution < 1.29 is 14.3 Å². The van der Waals surface area contributed by atoms with Gasteiger partial charge in [0.25, 0.3) is 0 Å². The molecule has 0 unspecified atom stereocenters. The van der Waals surface area contributed by atoms with E-state index in [2.05, 4.69) is 5.32 Å². The van der Waals surface area contributed by atoms with E-state index < -0.39 is 0 Å². The van der Waals surface area contributed by atoms with Crippen LogP contribution in [0.25, 0.3) is 0 Å². The number of ketones is 1. The van der Waals surface area contributed by atoms with Crippen molar-refractivity contribution in [3.8, 4) is 5.75 Å². The maximum atomic E-state index is 11.6. The molecular formula is C15H21NO3. The van der Waals surface area contributed by atoms with Gasteiger partial charge in [-0.15, -0.1) is 0 Å². The Hall–Kier alpha value is -1.84. The molecule has 0 aromatic heterocycles. The summed E-state index contributed by atoms with van der Waals surface area (Å²) in [7, 11) is 1.56. The van der Waals surface area contributed by atoms with Crippen molar-refractivity contribution in [2.24, 2.45) is 0 Å². The number of benzene rings is 1. The van der Waals surface area contributed by atoms with Crippen LogP contribution in [0.15, 0.2) is 12.1 Å². The zero-order valence-electron chi connectivity index (χ0n) is 12.4. The highest BCUT2D eigenvalue weighted by molar-refractivity contribution is 5.98. The second-order valence-corrected chi connectivity index (χ2v) is 5.59. The van der Waals surface area contributed by atoms with E-state index in [4.69, 9.17) is 4.74 Å². The van der Waals surface area contributed by atoms with Crippen LogP contribution in [0.2, 0.25) is 0 Å². The van der Waals surface area contributed by atoms with Crippen molar-refractivity contribution in [1.29, 1.82) is 0 Å². The van der Waals surface area contributed by atoms with E-state index in [1.54, 1.807) is 13.2 Å². The number of Topliss-reactive ketones (excluding diaryl/α,β-unsaturated/α-hetero) is 1. The molecule has 0 bridgehead atoms. The van der Waals surface area contributed by atoms with Crippen LogP contribution in [0.1, 0.15) is 50.5 Å². The lowest BCUT2D eigenvalue weighted by molar-refractivity contribution is -0.114. The van der Waals surface area contributed by atoms with Gasteiger partial charge in [-0.1, -0.05) is 20.8 Å². The number of hydrogen-bond donors (Lipinski definition) is 1. The Kier molecular flexibility index (Phi) is 4.35. The standard InChI is InChI=1S/C15H21NO3/c1-9(17)11-7-12(15(3,4)5)14(19-6)13(8-11)16-10(2)18/h7-8H,1-6H3,(H,16,18). The first-order valence-electron chi connectivity index (χ1n) is 6.18. The summed E-state index contributed by atoms with van der Waals surface area (Å²) >= 11 is 0. The molecule has 1 amide bonds. The summed E-state index contributed by atoms with van der Waals surface area (Å²) in [5, 5.41) is 2.72. The number of carbonyl (C=O) groups is 2. The third kappa shape index (κ3) is 3.56. The molecule has 0 spiro atoms. The van der Waals surface area contributed by atoms with Crippen LogP contribution in [0.4, 0.5) is 5.69 Å². The lowest BCUT2D eigenvalue weighted by Crippen LogP contribution is -2.17. The zero-order chi connectivity index (χ0) is 14.8. The van der Waals surface area contributed by atoms with Gasteiger partial charge in [0.05, 0.1) is 12.8 Å². The third-order valence-electron chi connectivity index (χ3n) is 2.82. The summed E-state index contributed by atoms with van der Waals surface area (Å²) in [6.07, 6.45) is 0. The smallest absolute Gasteiger partial charge is 0.221 e. The van der Waals surface area contributed by atoms with Gasteiger partial charge in [0.1, 0.15) is 5.75 Å². The Morgan fingerprint density at radius 3 is 2.11 bits per heavy atom. The van der Waals surface area contributed by atoms with Crippen molar-refractivity contribution in [2.75, 3.05) is 12.4 Å². The average molecular weight is 263 g/mol. The summed E-state index contributed by atoms with van der Waals surface area (Å²) in [5.41, 5.74) is 1.80. The van der Waals surface area contributed by atoms with Crippen LogP contribution < -0.4 is 10.1 Å². The van der Waals surface area contributed by atoms with E-state index in [0.717, 1.165) is 5.56 Å². The highest BCUT2D eigenvalue weighted by atomic mass is 16.5.